The molecule has 3 rings (SSSR count). The van der Waals surface area contributed by atoms with Crippen LogP contribution in [0.4, 0.5) is 5.69 Å². The Morgan fingerprint density at radius 1 is 1.05 bits per heavy atom. The molecule has 1 aromatic heterocycles. The van der Waals surface area contributed by atoms with Gasteiger partial charge in [0.1, 0.15) is 0 Å². The van der Waals surface area contributed by atoms with E-state index in [-0.39, 0.29) is 0 Å². The normalized spacial score (nSPS) is 16.5. The molecule has 2 aromatic rings. The quantitative estimate of drug-likeness (QED) is 0.818. The minimum absolute atomic E-state index is 0.331. The molecule has 0 amide bonds. The molecule has 1 atom stereocenters. The first kappa shape index (κ1) is 13.9. The molecule has 0 bridgehead atoms. The van der Waals surface area contributed by atoms with Crippen molar-refractivity contribution in [2.45, 2.75) is 25.7 Å². The molecular weight excluding hydrogens is 256 g/mol. The lowest BCUT2D eigenvalue weighted by Crippen LogP contribution is -2.17. The van der Waals surface area contributed by atoms with E-state index in [9.17, 15) is 0 Å². The summed E-state index contributed by atoms with van der Waals surface area (Å²) in [6.07, 6.45) is 9.01. The lowest BCUT2D eigenvalue weighted by Gasteiger charge is -2.17. The molecule has 1 fully saturated rings. The van der Waals surface area contributed by atoms with Crippen LogP contribution in [0.1, 0.15) is 36.9 Å². The van der Waals surface area contributed by atoms with E-state index in [4.69, 9.17) is 0 Å². The van der Waals surface area contributed by atoms with Crippen molar-refractivity contribution in [3.8, 4) is 0 Å². The molecule has 0 unspecified atom stereocenters. The Kier molecular flexibility index (Phi) is 4.34. The highest BCUT2D eigenvalue weighted by molar-refractivity contribution is 5.51. The minimum atomic E-state index is 0.331. The van der Waals surface area contributed by atoms with Crippen molar-refractivity contribution in [3.05, 3.63) is 66.0 Å². The number of aromatic nitrogens is 1. The summed E-state index contributed by atoms with van der Waals surface area (Å²) < 4.78 is 0. The molecule has 0 saturated carbocycles. The fraction of sp³-hybridized carbons (Fsp3) is 0.316. The SMILES string of the molecule is C[C@H](/C=C/c1ccccc1)c1ccc(N2CCCC2)cn1. The molecule has 2 heteroatoms. The first-order valence-corrected chi connectivity index (χ1v) is 7.77. The Bertz CT molecular complexity index is 581. The van der Waals surface area contributed by atoms with E-state index >= 15 is 0 Å². The van der Waals surface area contributed by atoms with Gasteiger partial charge in [0.2, 0.25) is 0 Å². The van der Waals surface area contributed by atoms with Crippen LogP contribution in [0.5, 0.6) is 0 Å². The standard InChI is InChI=1S/C19H22N2/c1-16(9-10-17-7-3-2-4-8-17)19-12-11-18(15-20-19)21-13-5-6-14-21/h2-4,7-12,15-16H,5-6,13-14H2,1H3/b10-9+/t16-/m1/s1. The summed E-state index contributed by atoms with van der Waals surface area (Å²) in [5.74, 6) is 0.331. The molecule has 108 valence electrons. The van der Waals surface area contributed by atoms with E-state index in [1.54, 1.807) is 0 Å². The second kappa shape index (κ2) is 6.57. The summed E-state index contributed by atoms with van der Waals surface area (Å²) in [7, 11) is 0. The Balaban J connectivity index is 1.67. The molecule has 1 aliphatic rings. The molecule has 0 N–H and O–H groups in total. The molecule has 0 aliphatic carbocycles. The minimum Gasteiger partial charge on any atom is -0.370 e. The van der Waals surface area contributed by atoms with Crippen LogP contribution in [0.15, 0.2) is 54.7 Å². The van der Waals surface area contributed by atoms with Crippen LogP contribution in [-0.2, 0) is 0 Å². The van der Waals surface area contributed by atoms with Gasteiger partial charge in [0.15, 0.2) is 0 Å². The third kappa shape index (κ3) is 3.52. The van der Waals surface area contributed by atoms with Crippen LogP contribution in [0, 0.1) is 0 Å². The fourth-order valence-electron chi connectivity index (χ4n) is 2.75. The van der Waals surface area contributed by atoms with Crippen molar-refractivity contribution in [1.82, 2.24) is 4.98 Å². The third-order valence-electron chi connectivity index (χ3n) is 4.09. The van der Waals surface area contributed by atoms with E-state index in [1.807, 2.05) is 12.3 Å². The number of rotatable bonds is 4. The number of anilines is 1. The van der Waals surface area contributed by atoms with E-state index in [1.165, 1.54) is 37.2 Å². The Labute approximate surface area is 127 Å². The summed E-state index contributed by atoms with van der Waals surface area (Å²) >= 11 is 0. The second-order valence-electron chi connectivity index (χ2n) is 5.69. The number of benzene rings is 1. The number of hydrogen-bond donors (Lipinski definition) is 0. The summed E-state index contributed by atoms with van der Waals surface area (Å²) in [6, 6.07) is 14.8. The van der Waals surface area contributed by atoms with Crippen molar-refractivity contribution in [3.63, 3.8) is 0 Å². The molecule has 2 heterocycles. The van der Waals surface area contributed by atoms with Gasteiger partial charge in [-0.25, -0.2) is 0 Å². The summed E-state index contributed by atoms with van der Waals surface area (Å²) in [5.41, 5.74) is 3.62. The number of allylic oxidation sites excluding steroid dienone is 1. The van der Waals surface area contributed by atoms with Gasteiger partial charge >= 0.3 is 0 Å². The lowest BCUT2D eigenvalue weighted by molar-refractivity contribution is 0.897. The maximum atomic E-state index is 4.64. The van der Waals surface area contributed by atoms with E-state index < -0.39 is 0 Å². The van der Waals surface area contributed by atoms with Crippen molar-refractivity contribution >= 4 is 11.8 Å². The predicted octanol–water partition coefficient (Wildman–Crippen LogP) is 4.50. The first-order chi connectivity index (χ1) is 10.3. The fourth-order valence-corrected chi connectivity index (χ4v) is 2.75. The molecule has 0 radical (unpaired) electrons. The van der Waals surface area contributed by atoms with Gasteiger partial charge in [-0.2, -0.15) is 0 Å². The van der Waals surface area contributed by atoms with Crippen molar-refractivity contribution in [2.75, 3.05) is 18.0 Å². The highest BCUT2D eigenvalue weighted by Crippen LogP contribution is 2.22. The zero-order valence-corrected chi connectivity index (χ0v) is 12.6. The molecule has 21 heavy (non-hydrogen) atoms. The number of pyridine rings is 1. The van der Waals surface area contributed by atoms with Gasteiger partial charge in [-0.15, -0.1) is 0 Å². The summed E-state index contributed by atoms with van der Waals surface area (Å²) in [6.45, 7) is 4.53. The van der Waals surface area contributed by atoms with Gasteiger partial charge in [-0.05, 0) is 30.5 Å². The van der Waals surface area contributed by atoms with Crippen LogP contribution in [-0.4, -0.2) is 18.1 Å². The van der Waals surface area contributed by atoms with Crippen molar-refractivity contribution in [2.24, 2.45) is 0 Å². The van der Waals surface area contributed by atoms with Gasteiger partial charge in [-0.3, -0.25) is 4.98 Å². The molecule has 2 nitrogen and oxygen atoms in total. The maximum Gasteiger partial charge on any atom is 0.0552 e. The smallest absolute Gasteiger partial charge is 0.0552 e. The molecule has 1 saturated heterocycles. The number of hydrogen-bond acceptors (Lipinski definition) is 2. The van der Waals surface area contributed by atoms with Crippen LogP contribution in [0.25, 0.3) is 6.08 Å². The summed E-state index contributed by atoms with van der Waals surface area (Å²) in [4.78, 5) is 7.06. The van der Waals surface area contributed by atoms with Crippen LogP contribution >= 0.6 is 0 Å². The van der Waals surface area contributed by atoms with Gasteiger partial charge < -0.3 is 4.90 Å². The first-order valence-electron chi connectivity index (χ1n) is 7.77. The Morgan fingerprint density at radius 2 is 1.81 bits per heavy atom. The average molecular weight is 278 g/mol. The molecular formula is C19H22N2. The molecule has 0 spiro atoms. The van der Waals surface area contributed by atoms with E-state index in [0.29, 0.717) is 5.92 Å². The lowest BCUT2D eigenvalue weighted by atomic mass is 10.0. The van der Waals surface area contributed by atoms with Gasteiger partial charge in [0, 0.05) is 24.7 Å². The van der Waals surface area contributed by atoms with Gasteiger partial charge in [-0.1, -0.05) is 49.4 Å². The highest BCUT2D eigenvalue weighted by atomic mass is 15.1. The molecule has 1 aromatic carbocycles. The van der Waals surface area contributed by atoms with Crippen molar-refractivity contribution in [1.29, 1.82) is 0 Å². The zero-order chi connectivity index (χ0) is 14.5. The summed E-state index contributed by atoms with van der Waals surface area (Å²) in [5, 5.41) is 0. The Morgan fingerprint density at radius 3 is 2.48 bits per heavy atom. The van der Waals surface area contributed by atoms with Gasteiger partial charge in [0.25, 0.3) is 0 Å². The van der Waals surface area contributed by atoms with Crippen LogP contribution in [0.3, 0.4) is 0 Å². The topological polar surface area (TPSA) is 16.1 Å². The highest BCUT2D eigenvalue weighted by Gasteiger charge is 2.12. The monoisotopic (exact) mass is 278 g/mol. The van der Waals surface area contributed by atoms with Crippen LogP contribution in [0.2, 0.25) is 0 Å². The average Bonchev–Trinajstić information content (AvgIpc) is 3.08. The van der Waals surface area contributed by atoms with E-state index in [0.717, 1.165) is 5.69 Å². The van der Waals surface area contributed by atoms with Crippen molar-refractivity contribution < 1.29 is 0 Å². The largest absolute Gasteiger partial charge is 0.370 e. The number of nitrogens with zero attached hydrogens (tertiary/aromatic N) is 2. The van der Waals surface area contributed by atoms with E-state index in [2.05, 4.69) is 65.4 Å². The maximum absolute atomic E-state index is 4.64. The van der Waals surface area contributed by atoms with Crippen LogP contribution < -0.4 is 4.90 Å². The zero-order valence-electron chi connectivity index (χ0n) is 12.6. The van der Waals surface area contributed by atoms with Gasteiger partial charge in [0.05, 0.1) is 11.9 Å². The molecule has 1 aliphatic heterocycles. The Hall–Kier alpha value is -2.09. The third-order valence-corrected chi connectivity index (χ3v) is 4.09. The predicted molar refractivity (Wildman–Crippen MR) is 89.6 cm³/mol. The second-order valence-corrected chi connectivity index (χ2v) is 5.69.